The molecule has 0 fully saturated rings. The molecule has 0 bridgehead atoms. The average Bonchev–Trinajstić information content (AvgIpc) is 2.95. The van der Waals surface area contributed by atoms with Crippen molar-refractivity contribution < 1.29 is 9.90 Å². The summed E-state index contributed by atoms with van der Waals surface area (Å²) in [7, 11) is 0. The van der Waals surface area contributed by atoms with Gasteiger partial charge in [0, 0.05) is 13.1 Å². The lowest BCUT2D eigenvalue weighted by Gasteiger charge is -2.19. The van der Waals surface area contributed by atoms with E-state index >= 15 is 0 Å². The van der Waals surface area contributed by atoms with Crippen molar-refractivity contribution in [3.63, 3.8) is 0 Å². The van der Waals surface area contributed by atoms with E-state index in [1.54, 1.807) is 4.90 Å². The largest absolute Gasteiger partial charge is 0.465 e. The van der Waals surface area contributed by atoms with Crippen molar-refractivity contribution in [3.8, 4) is 0 Å². The third-order valence-corrected chi connectivity index (χ3v) is 7.53. The van der Waals surface area contributed by atoms with Crippen molar-refractivity contribution in [1.29, 1.82) is 0 Å². The van der Waals surface area contributed by atoms with Crippen molar-refractivity contribution in [2.24, 2.45) is 0 Å². The second-order valence-electron chi connectivity index (χ2n) is 11.4. The predicted molar refractivity (Wildman–Crippen MR) is 178 cm³/mol. The molecule has 1 N–H and O–H groups in total. The molecule has 0 aromatic rings. The molecule has 0 rings (SSSR count). The van der Waals surface area contributed by atoms with Crippen molar-refractivity contribution in [3.05, 3.63) is 48.6 Å². The summed E-state index contributed by atoms with van der Waals surface area (Å²) in [5.41, 5.74) is 0. The molecule has 232 valence electrons. The molecule has 0 unspecified atom stereocenters. The predicted octanol–water partition coefficient (Wildman–Crippen LogP) is 12.6. The second kappa shape index (κ2) is 33.4. The standard InChI is InChI=1S/C37H67NO2/c1-3-5-7-9-11-13-15-17-19-21-23-25-27-29-31-33-35-38(37(39)40)36-34-32-30-28-26-24-22-20-18-16-14-12-10-8-6-4-2/h11-14,17-20H,3-10,15-16,21-36H2,1-2H3,(H,39,40). The van der Waals surface area contributed by atoms with E-state index in [0.717, 1.165) is 38.5 Å². The molecule has 0 aliphatic carbocycles. The molecular formula is C37H67NO2. The van der Waals surface area contributed by atoms with E-state index in [2.05, 4.69) is 62.5 Å². The number of hydrogen-bond donors (Lipinski definition) is 1. The molecule has 0 spiro atoms. The number of carbonyl (C=O) groups is 1. The molecule has 0 aromatic heterocycles. The van der Waals surface area contributed by atoms with Gasteiger partial charge in [0.2, 0.25) is 0 Å². The van der Waals surface area contributed by atoms with Gasteiger partial charge in [-0.25, -0.2) is 4.79 Å². The van der Waals surface area contributed by atoms with Gasteiger partial charge in [-0.2, -0.15) is 0 Å². The number of amides is 1. The van der Waals surface area contributed by atoms with Crippen LogP contribution in [-0.2, 0) is 0 Å². The summed E-state index contributed by atoms with van der Waals surface area (Å²) < 4.78 is 0. The summed E-state index contributed by atoms with van der Waals surface area (Å²) in [6.45, 7) is 5.90. The average molecular weight is 558 g/mol. The minimum absolute atomic E-state index is 0.699. The van der Waals surface area contributed by atoms with E-state index in [-0.39, 0.29) is 0 Å². The van der Waals surface area contributed by atoms with E-state index in [1.807, 2.05) is 0 Å². The molecule has 40 heavy (non-hydrogen) atoms. The number of nitrogens with zero attached hydrogens (tertiary/aromatic N) is 1. The molecule has 3 heteroatoms. The summed E-state index contributed by atoms with van der Waals surface area (Å²) in [6, 6.07) is 0. The fraction of sp³-hybridized carbons (Fsp3) is 0.757. The Balaban J connectivity index is 3.53. The fourth-order valence-corrected chi connectivity index (χ4v) is 4.88. The van der Waals surface area contributed by atoms with Crippen LogP contribution in [0.5, 0.6) is 0 Å². The molecule has 0 aliphatic rings. The molecule has 0 atom stereocenters. The molecule has 1 amide bonds. The molecule has 0 saturated heterocycles. The molecular weight excluding hydrogens is 490 g/mol. The van der Waals surface area contributed by atoms with Crippen molar-refractivity contribution in [2.75, 3.05) is 13.1 Å². The van der Waals surface area contributed by atoms with Gasteiger partial charge in [0.15, 0.2) is 0 Å². The maximum absolute atomic E-state index is 11.6. The van der Waals surface area contributed by atoms with E-state index < -0.39 is 6.09 Å². The minimum Gasteiger partial charge on any atom is -0.465 e. The minimum atomic E-state index is -0.745. The Hall–Kier alpha value is -1.77. The zero-order valence-electron chi connectivity index (χ0n) is 26.8. The molecule has 0 saturated carbocycles. The van der Waals surface area contributed by atoms with E-state index in [0.29, 0.717) is 13.1 Å². The lowest BCUT2D eigenvalue weighted by molar-refractivity contribution is 0.143. The molecule has 0 heterocycles. The lowest BCUT2D eigenvalue weighted by atomic mass is 10.1. The highest BCUT2D eigenvalue weighted by molar-refractivity contribution is 5.64. The van der Waals surface area contributed by atoms with Crippen LogP contribution in [-0.4, -0.2) is 29.2 Å². The van der Waals surface area contributed by atoms with Crippen LogP contribution < -0.4 is 0 Å². The van der Waals surface area contributed by atoms with E-state index in [4.69, 9.17) is 0 Å². The number of hydrogen-bond acceptors (Lipinski definition) is 1. The van der Waals surface area contributed by atoms with E-state index in [1.165, 1.54) is 116 Å². The first-order valence-corrected chi connectivity index (χ1v) is 17.3. The van der Waals surface area contributed by atoms with Gasteiger partial charge in [0.25, 0.3) is 0 Å². The van der Waals surface area contributed by atoms with Crippen LogP contribution in [0.1, 0.15) is 168 Å². The Kier molecular flexibility index (Phi) is 32.0. The van der Waals surface area contributed by atoms with Gasteiger partial charge in [-0.15, -0.1) is 0 Å². The van der Waals surface area contributed by atoms with Crippen LogP contribution in [0.2, 0.25) is 0 Å². The summed E-state index contributed by atoms with van der Waals surface area (Å²) in [4.78, 5) is 13.2. The molecule has 0 radical (unpaired) electrons. The summed E-state index contributed by atoms with van der Waals surface area (Å²) in [5.74, 6) is 0. The third kappa shape index (κ3) is 30.8. The van der Waals surface area contributed by atoms with Crippen LogP contribution in [0.15, 0.2) is 48.6 Å². The Morgan fingerprint density at radius 3 is 1.07 bits per heavy atom. The quantitative estimate of drug-likeness (QED) is 0.0704. The summed E-state index contributed by atoms with van der Waals surface area (Å²) >= 11 is 0. The lowest BCUT2D eigenvalue weighted by Crippen LogP contribution is -2.31. The van der Waals surface area contributed by atoms with Gasteiger partial charge in [-0.3, -0.25) is 0 Å². The molecule has 0 aromatic carbocycles. The normalized spacial score (nSPS) is 12.2. The fourth-order valence-electron chi connectivity index (χ4n) is 4.88. The van der Waals surface area contributed by atoms with Crippen molar-refractivity contribution in [2.45, 2.75) is 168 Å². The first-order chi connectivity index (χ1) is 19.7. The summed E-state index contributed by atoms with van der Waals surface area (Å²) in [6.07, 6.45) is 47.0. The highest BCUT2D eigenvalue weighted by Crippen LogP contribution is 2.11. The zero-order chi connectivity index (χ0) is 29.2. The van der Waals surface area contributed by atoms with Crippen LogP contribution >= 0.6 is 0 Å². The van der Waals surface area contributed by atoms with Crippen LogP contribution in [0.3, 0.4) is 0 Å². The Morgan fingerprint density at radius 2 is 0.750 bits per heavy atom. The Labute approximate surface area is 250 Å². The topological polar surface area (TPSA) is 40.5 Å². The monoisotopic (exact) mass is 558 g/mol. The second-order valence-corrected chi connectivity index (χ2v) is 11.4. The van der Waals surface area contributed by atoms with Gasteiger partial charge in [0.05, 0.1) is 0 Å². The highest BCUT2D eigenvalue weighted by atomic mass is 16.4. The Morgan fingerprint density at radius 1 is 0.450 bits per heavy atom. The summed E-state index contributed by atoms with van der Waals surface area (Å²) in [5, 5.41) is 9.53. The van der Waals surface area contributed by atoms with Crippen molar-refractivity contribution in [1.82, 2.24) is 4.90 Å². The van der Waals surface area contributed by atoms with Crippen molar-refractivity contribution >= 4 is 6.09 Å². The number of rotatable bonds is 30. The number of unbranched alkanes of at least 4 members (excludes halogenated alkanes) is 18. The zero-order valence-corrected chi connectivity index (χ0v) is 26.8. The van der Waals surface area contributed by atoms with Gasteiger partial charge >= 0.3 is 6.09 Å². The highest BCUT2D eigenvalue weighted by Gasteiger charge is 2.10. The maximum Gasteiger partial charge on any atom is 0.407 e. The Bertz CT molecular complexity index is 586. The maximum atomic E-state index is 11.6. The molecule has 0 aliphatic heterocycles. The number of allylic oxidation sites excluding steroid dienone is 8. The first kappa shape index (κ1) is 38.2. The van der Waals surface area contributed by atoms with Crippen LogP contribution in [0.25, 0.3) is 0 Å². The van der Waals surface area contributed by atoms with Gasteiger partial charge in [-0.1, -0.05) is 140 Å². The smallest absolute Gasteiger partial charge is 0.407 e. The van der Waals surface area contributed by atoms with E-state index in [9.17, 15) is 9.90 Å². The SMILES string of the molecule is CCCCCC=CCC=CCCCCCCCCN(CCCCCCCCC=CCC=CCCCCC)C(=O)O. The molecule has 3 nitrogen and oxygen atoms in total. The third-order valence-electron chi connectivity index (χ3n) is 7.53. The van der Waals surface area contributed by atoms with Crippen LogP contribution in [0, 0.1) is 0 Å². The van der Waals surface area contributed by atoms with Crippen LogP contribution in [0.4, 0.5) is 4.79 Å². The van der Waals surface area contributed by atoms with Gasteiger partial charge in [0.1, 0.15) is 0 Å². The van der Waals surface area contributed by atoms with Gasteiger partial charge in [-0.05, 0) is 77.0 Å². The first-order valence-electron chi connectivity index (χ1n) is 17.3. The number of carboxylic acid groups (broad SMARTS) is 1. The van der Waals surface area contributed by atoms with Gasteiger partial charge < -0.3 is 10.0 Å².